The number of nitriles is 1. The molecule has 2 N–H and O–H groups in total. The number of amides is 1. The summed E-state index contributed by atoms with van der Waals surface area (Å²) in [4.78, 5) is 18.0. The van der Waals surface area contributed by atoms with Crippen LogP contribution in [-0.4, -0.2) is 28.9 Å². The molecule has 1 aromatic heterocycles. The van der Waals surface area contributed by atoms with Gasteiger partial charge in [-0.2, -0.15) is 5.26 Å². The van der Waals surface area contributed by atoms with Gasteiger partial charge in [-0.25, -0.2) is 0 Å². The van der Waals surface area contributed by atoms with Crippen LogP contribution in [0.2, 0.25) is 0 Å². The van der Waals surface area contributed by atoms with E-state index in [-0.39, 0.29) is 12.5 Å². The molecule has 5 nitrogen and oxygen atoms in total. The topological polar surface area (TPSA) is 71.9 Å². The van der Waals surface area contributed by atoms with E-state index in [1.165, 1.54) is 16.6 Å². The van der Waals surface area contributed by atoms with Crippen LogP contribution in [0.5, 0.6) is 0 Å². The van der Waals surface area contributed by atoms with Crippen molar-refractivity contribution in [3.05, 3.63) is 63.8 Å². The fourth-order valence-electron chi connectivity index (χ4n) is 3.37. The van der Waals surface area contributed by atoms with Crippen LogP contribution in [0.4, 0.5) is 5.69 Å². The van der Waals surface area contributed by atoms with Crippen molar-refractivity contribution in [3.63, 3.8) is 0 Å². The summed E-state index contributed by atoms with van der Waals surface area (Å²) in [6, 6.07) is 15.3. The average molecular weight is 409 g/mol. The lowest BCUT2D eigenvalue weighted by molar-refractivity contribution is -0.130. The van der Waals surface area contributed by atoms with Gasteiger partial charge < -0.3 is 15.2 Å². The normalized spacial score (nSPS) is 13.3. The summed E-state index contributed by atoms with van der Waals surface area (Å²) in [6.07, 6.45) is 0.832. The monoisotopic (exact) mass is 408 g/mol. The third-order valence-electron chi connectivity index (χ3n) is 4.77. The third kappa shape index (κ3) is 3.06. The van der Waals surface area contributed by atoms with Crippen molar-refractivity contribution in [3.8, 4) is 6.07 Å². The van der Waals surface area contributed by atoms with Crippen LogP contribution in [0.3, 0.4) is 0 Å². The largest absolute Gasteiger partial charge is 0.376 e. The molecular weight excluding hydrogens is 392 g/mol. The van der Waals surface area contributed by atoms with Gasteiger partial charge in [0, 0.05) is 46.3 Å². The fourth-order valence-corrected chi connectivity index (χ4v) is 3.83. The van der Waals surface area contributed by atoms with Crippen molar-refractivity contribution >= 4 is 38.4 Å². The van der Waals surface area contributed by atoms with Gasteiger partial charge in [-0.15, -0.1) is 0 Å². The summed E-state index contributed by atoms with van der Waals surface area (Å²) in [7, 11) is 0. The second kappa shape index (κ2) is 6.85. The van der Waals surface area contributed by atoms with Crippen LogP contribution >= 0.6 is 15.9 Å². The summed E-state index contributed by atoms with van der Waals surface area (Å²) in [6.45, 7) is 1.58. The molecule has 0 radical (unpaired) electrons. The molecule has 2 aromatic carbocycles. The Hall–Kier alpha value is -2.78. The molecule has 130 valence electrons. The lowest BCUT2D eigenvalue weighted by Crippen LogP contribution is -2.39. The Morgan fingerprint density at radius 2 is 2.08 bits per heavy atom. The van der Waals surface area contributed by atoms with E-state index in [0.717, 1.165) is 22.1 Å². The molecule has 0 spiro atoms. The number of para-hydroxylation sites is 1. The van der Waals surface area contributed by atoms with Gasteiger partial charge in [-0.3, -0.25) is 4.79 Å². The first kappa shape index (κ1) is 16.7. The van der Waals surface area contributed by atoms with E-state index in [9.17, 15) is 4.79 Å². The van der Waals surface area contributed by atoms with E-state index in [0.29, 0.717) is 18.7 Å². The number of rotatable bonds is 3. The predicted octanol–water partition coefficient (Wildman–Crippen LogP) is 3.80. The summed E-state index contributed by atoms with van der Waals surface area (Å²) in [5.74, 6) is 0.0735. The van der Waals surface area contributed by atoms with Crippen molar-refractivity contribution < 1.29 is 4.79 Å². The maximum absolute atomic E-state index is 12.6. The van der Waals surface area contributed by atoms with Gasteiger partial charge in [0.05, 0.1) is 23.7 Å². The molecule has 1 aliphatic heterocycles. The summed E-state index contributed by atoms with van der Waals surface area (Å²) in [5, 5.41) is 13.1. The van der Waals surface area contributed by atoms with E-state index in [2.05, 4.69) is 38.4 Å². The molecular formula is C20H17BrN4O. The first-order valence-electron chi connectivity index (χ1n) is 8.45. The lowest BCUT2D eigenvalue weighted by Gasteiger charge is -2.27. The minimum absolute atomic E-state index is 0.0735. The number of anilines is 1. The highest BCUT2D eigenvalue weighted by atomic mass is 79.9. The van der Waals surface area contributed by atoms with Crippen LogP contribution in [0.25, 0.3) is 10.9 Å². The summed E-state index contributed by atoms with van der Waals surface area (Å²) >= 11 is 3.59. The first-order chi connectivity index (χ1) is 12.7. The number of halogens is 1. The summed E-state index contributed by atoms with van der Waals surface area (Å²) < 4.78 is 1.05. The molecule has 0 saturated heterocycles. The molecule has 0 atom stereocenters. The Kier molecular flexibility index (Phi) is 4.39. The highest BCUT2D eigenvalue weighted by Gasteiger charge is 2.24. The molecule has 1 aliphatic rings. The maximum Gasteiger partial charge on any atom is 0.242 e. The molecule has 2 heterocycles. The van der Waals surface area contributed by atoms with Gasteiger partial charge in [0.1, 0.15) is 0 Å². The van der Waals surface area contributed by atoms with Crippen molar-refractivity contribution in [2.24, 2.45) is 0 Å². The highest BCUT2D eigenvalue weighted by Crippen LogP contribution is 2.31. The third-order valence-corrected chi connectivity index (χ3v) is 5.43. The van der Waals surface area contributed by atoms with Crippen molar-refractivity contribution in [1.29, 1.82) is 5.26 Å². The Labute approximate surface area is 159 Å². The molecule has 3 aromatic rings. The average Bonchev–Trinajstić information content (AvgIpc) is 3.06. The number of benzene rings is 2. The molecule has 0 aliphatic carbocycles. The molecule has 1 amide bonds. The van der Waals surface area contributed by atoms with Crippen molar-refractivity contribution in [2.45, 2.75) is 13.0 Å². The molecule has 0 saturated carbocycles. The SMILES string of the molecule is N#Cc1ccc(NCC(=O)N2CCc3[nH]c4c(Br)cccc4c3C2)cc1. The van der Waals surface area contributed by atoms with Gasteiger partial charge >= 0.3 is 0 Å². The Morgan fingerprint density at radius 1 is 1.27 bits per heavy atom. The number of hydrogen-bond donors (Lipinski definition) is 2. The molecule has 4 rings (SSSR count). The van der Waals surface area contributed by atoms with Crippen LogP contribution in [0, 0.1) is 11.3 Å². The number of carbonyl (C=O) groups excluding carboxylic acids is 1. The number of aromatic amines is 1. The molecule has 0 unspecified atom stereocenters. The maximum atomic E-state index is 12.6. The van der Waals surface area contributed by atoms with Gasteiger partial charge in [0.15, 0.2) is 0 Å². The predicted molar refractivity (Wildman–Crippen MR) is 105 cm³/mol. The smallest absolute Gasteiger partial charge is 0.242 e. The quantitative estimate of drug-likeness (QED) is 0.691. The number of hydrogen-bond acceptors (Lipinski definition) is 3. The zero-order chi connectivity index (χ0) is 18.1. The first-order valence-corrected chi connectivity index (χ1v) is 9.25. The zero-order valence-corrected chi connectivity index (χ0v) is 15.6. The second-order valence-corrected chi connectivity index (χ2v) is 7.21. The van der Waals surface area contributed by atoms with E-state index in [1.54, 1.807) is 12.1 Å². The van der Waals surface area contributed by atoms with E-state index in [1.807, 2.05) is 29.2 Å². The van der Waals surface area contributed by atoms with Gasteiger partial charge in [-0.05, 0) is 46.3 Å². The van der Waals surface area contributed by atoms with E-state index in [4.69, 9.17) is 5.26 Å². The number of aromatic nitrogens is 1. The highest BCUT2D eigenvalue weighted by molar-refractivity contribution is 9.10. The molecule has 0 fully saturated rings. The molecule has 26 heavy (non-hydrogen) atoms. The van der Waals surface area contributed by atoms with Gasteiger partial charge in [0.2, 0.25) is 5.91 Å². The minimum atomic E-state index is 0.0735. The lowest BCUT2D eigenvalue weighted by atomic mass is 10.0. The van der Waals surface area contributed by atoms with Gasteiger partial charge in [0.25, 0.3) is 0 Å². The number of fused-ring (bicyclic) bond motifs is 3. The Bertz CT molecular complexity index is 1020. The van der Waals surface area contributed by atoms with Crippen LogP contribution in [0.1, 0.15) is 16.8 Å². The van der Waals surface area contributed by atoms with Crippen LogP contribution in [0.15, 0.2) is 46.9 Å². The van der Waals surface area contributed by atoms with Gasteiger partial charge in [-0.1, -0.05) is 12.1 Å². The number of nitrogens with zero attached hydrogens (tertiary/aromatic N) is 2. The standard InChI is InChI=1S/C20H17BrN4O/c21-17-3-1-2-15-16-12-25(9-8-18(16)24-20(15)17)19(26)11-23-14-6-4-13(10-22)5-7-14/h1-7,23-24H,8-9,11-12H2. The number of H-pyrrole nitrogens is 1. The zero-order valence-electron chi connectivity index (χ0n) is 14.1. The van der Waals surface area contributed by atoms with E-state index >= 15 is 0 Å². The minimum Gasteiger partial charge on any atom is -0.376 e. The Balaban J connectivity index is 1.46. The fraction of sp³-hybridized carbons (Fsp3) is 0.200. The van der Waals surface area contributed by atoms with Crippen molar-refractivity contribution in [1.82, 2.24) is 9.88 Å². The summed E-state index contributed by atoms with van der Waals surface area (Å²) in [5.41, 5.74) is 4.97. The second-order valence-electron chi connectivity index (χ2n) is 6.35. The van der Waals surface area contributed by atoms with Crippen LogP contribution in [-0.2, 0) is 17.8 Å². The van der Waals surface area contributed by atoms with Crippen LogP contribution < -0.4 is 5.32 Å². The molecule has 0 bridgehead atoms. The number of nitrogens with one attached hydrogen (secondary N) is 2. The van der Waals surface area contributed by atoms with E-state index < -0.39 is 0 Å². The Morgan fingerprint density at radius 3 is 2.85 bits per heavy atom. The molecule has 6 heteroatoms. The number of carbonyl (C=O) groups is 1. The van der Waals surface area contributed by atoms with Crippen molar-refractivity contribution in [2.75, 3.05) is 18.4 Å².